The Morgan fingerprint density at radius 1 is 1.19 bits per heavy atom. The van der Waals surface area contributed by atoms with Crippen LogP contribution in [-0.2, 0) is 4.79 Å². The summed E-state index contributed by atoms with van der Waals surface area (Å²) in [5, 5.41) is 0. The van der Waals surface area contributed by atoms with E-state index in [4.69, 9.17) is 0 Å². The van der Waals surface area contributed by atoms with E-state index in [1.54, 1.807) is 0 Å². The summed E-state index contributed by atoms with van der Waals surface area (Å²) in [6.07, 6.45) is -4.91. The van der Waals surface area contributed by atoms with Crippen molar-refractivity contribution >= 4 is 5.97 Å². The molecule has 0 fully saturated rings. The monoisotopic (exact) mass is 241 g/mol. The van der Waals surface area contributed by atoms with Gasteiger partial charge in [0.2, 0.25) is 5.88 Å². The molecule has 0 aliphatic carbocycles. The first-order chi connectivity index (χ1) is 7.25. The normalized spacial score (nSPS) is 12.3. The molecule has 0 N–H and O–H groups in total. The molecule has 0 atom stereocenters. The average molecular weight is 241 g/mol. The van der Waals surface area contributed by atoms with Gasteiger partial charge in [-0.3, -0.25) is 0 Å². The minimum absolute atomic E-state index is 0.628. The van der Waals surface area contributed by atoms with E-state index in [1.165, 1.54) is 12.1 Å². The summed E-state index contributed by atoms with van der Waals surface area (Å²) in [5.41, 5.74) is 0. The van der Waals surface area contributed by atoms with Crippen LogP contribution >= 0.6 is 0 Å². The zero-order chi connectivity index (χ0) is 12.4. The number of halogens is 5. The highest BCUT2D eigenvalue weighted by Gasteiger charge is 2.65. The number of ether oxygens (including phenoxy) is 1. The topological polar surface area (TPSA) is 39.2 Å². The lowest BCUT2D eigenvalue weighted by atomic mass is 10.3. The molecule has 0 unspecified atom stereocenters. The third-order valence-electron chi connectivity index (χ3n) is 1.45. The molecule has 0 spiro atoms. The van der Waals surface area contributed by atoms with Crippen molar-refractivity contribution in [2.24, 2.45) is 0 Å². The van der Waals surface area contributed by atoms with E-state index in [1.807, 2.05) is 0 Å². The van der Waals surface area contributed by atoms with E-state index in [0.717, 1.165) is 12.3 Å². The smallest absolute Gasteiger partial charge is 0.403 e. The minimum atomic E-state index is -5.99. The fourth-order valence-corrected chi connectivity index (χ4v) is 0.682. The number of hydrogen-bond donors (Lipinski definition) is 0. The fourth-order valence-electron chi connectivity index (χ4n) is 0.682. The van der Waals surface area contributed by atoms with E-state index >= 15 is 0 Å². The Morgan fingerprint density at radius 2 is 1.81 bits per heavy atom. The molecule has 0 aliphatic heterocycles. The van der Waals surface area contributed by atoms with Gasteiger partial charge in [-0.1, -0.05) is 6.07 Å². The van der Waals surface area contributed by atoms with Crippen LogP contribution in [-0.4, -0.2) is 23.1 Å². The lowest BCUT2D eigenvalue weighted by molar-refractivity contribution is -0.276. The Morgan fingerprint density at radius 3 is 2.25 bits per heavy atom. The van der Waals surface area contributed by atoms with Crippen molar-refractivity contribution in [3.05, 3.63) is 24.4 Å². The molecule has 1 rings (SSSR count). The minimum Gasteiger partial charge on any atom is -0.403 e. The van der Waals surface area contributed by atoms with Crippen LogP contribution < -0.4 is 4.74 Å². The molecule has 0 saturated carbocycles. The van der Waals surface area contributed by atoms with Crippen LogP contribution in [0.2, 0.25) is 0 Å². The molecule has 1 aromatic rings. The lowest BCUT2D eigenvalue weighted by Crippen LogP contribution is -2.46. The van der Waals surface area contributed by atoms with Gasteiger partial charge >= 0.3 is 18.1 Å². The van der Waals surface area contributed by atoms with Gasteiger partial charge in [0.05, 0.1) is 0 Å². The van der Waals surface area contributed by atoms with Crippen molar-refractivity contribution in [1.29, 1.82) is 0 Å². The number of nitrogens with zero attached hydrogens (tertiary/aromatic N) is 1. The molecule has 0 radical (unpaired) electrons. The Labute approximate surface area is 85.8 Å². The van der Waals surface area contributed by atoms with Crippen molar-refractivity contribution in [3.8, 4) is 5.88 Å². The molecule has 88 valence electrons. The highest BCUT2D eigenvalue weighted by atomic mass is 19.4. The maximum Gasteiger partial charge on any atom is 0.465 e. The van der Waals surface area contributed by atoms with E-state index < -0.39 is 23.9 Å². The second kappa shape index (κ2) is 4.03. The molecule has 3 nitrogen and oxygen atoms in total. The van der Waals surface area contributed by atoms with Crippen LogP contribution in [0.25, 0.3) is 0 Å². The number of pyridine rings is 1. The van der Waals surface area contributed by atoms with Gasteiger partial charge in [-0.25, -0.2) is 9.78 Å². The van der Waals surface area contributed by atoms with Crippen LogP contribution in [0, 0.1) is 0 Å². The van der Waals surface area contributed by atoms with Crippen molar-refractivity contribution in [2.45, 2.75) is 12.1 Å². The number of hydrogen-bond acceptors (Lipinski definition) is 3. The van der Waals surface area contributed by atoms with E-state index in [9.17, 15) is 26.7 Å². The van der Waals surface area contributed by atoms with Crippen LogP contribution in [0.1, 0.15) is 0 Å². The van der Waals surface area contributed by atoms with Gasteiger partial charge < -0.3 is 4.74 Å². The lowest BCUT2D eigenvalue weighted by Gasteiger charge is -2.16. The number of rotatable bonds is 2. The summed E-state index contributed by atoms with van der Waals surface area (Å²) in [5.74, 6) is -8.89. The largest absolute Gasteiger partial charge is 0.465 e. The summed E-state index contributed by atoms with van der Waals surface area (Å²) in [7, 11) is 0. The molecule has 16 heavy (non-hydrogen) atoms. The zero-order valence-electron chi connectivity index (χ0n) is 7.46. The van der Waals surface area contributed by atoms with E-state index in [0.29, 0.717) is 0 Å². The Hall–Kier alpha value is -1.73. The molecule has 1 aromatic heterocycles. The standard InChI is InChI=1S/C8H4F5NO2/c9-7(10,8(11,12)13)6(15)16-5-3-1-2-4-14-5/h1-4H. The summed E-state index contributed by atoms with van der Waals surface area (Å²) >= 11 is 0. The molecule has 0 bridgehead atoms. The first kappa shape index (κ1) is 12.3. The summed E-state index contributed by atoms with van der Waals surface area (Å²) in [4.78, 5) is 13.8. The molecular formula is C8H4F5NO2. The molecule has 0 amide bonds. The number of carbonyl (C=O) groups is 1. The highest BCUT2D eigenvalue weighted by molar-refractivity contribution is 5.80. The number of esters is 1. The van der Waals surface area contributed by atoms with Gasteiger partial charge in [-0.2, -0.15) is 22.0 Å². The Kier molecular flexibility index (Phi) is 3.11. The third kappa shape index (κ3) is 2.44. The number of aromatic nitrogens is 1. The second-order valence-corrected chi connectivity index (χ2v) is 2.63. The quantitative estimate of drug-likeness (QED) is 0.588. The van der Waals surface area contributed by atoms with Gasteiger partial charge in [-0.05, 0) is 6.07 Å². The van der Waals surface area contributed by atoms with Crippen LogP contribution in [0.5, 0.6) is 5.88 Å². The van der Waals surface area contributed by atoms with E-state index in [2.05, 4.69) is 9.72 Å². The molecule has 0 aromatic carbocycles. The fraction of sp³-hybridized carbons (Fsp3) is 0.250. The summed E-state index contributed by atoms with van der Waals surface area (Å²) in [6.45, 7) is 0. The van der Waals surface area contributed by atoms with Crippen LogP contribution in [0.4, 0.5) is 22.0 Å². The molecule has 1 heterocycles. The van der Waals surface area contributed by atoms with Gasteiger partial charge in [-0.15, -0.1) is 0 Å². The van der Waals surface area contributed by atoms with Gasteiger partial charge in [0.1, 0.15) is 0 Å². The number of carbonyl (C=O) groups excluding carboxylic acids is 1. The zero-order valence-corrected chi connectivity index (χ0v) is 7.46. The van der Waals surface area contributed by atoms with Crippen molar-refractivity contribution in [3.63, 3.8) is 0 Å². The van der Waals surface area contributed by atoms with Crippen molar-refractivity contribution in [1.82, 2.24) is 4.98 Å². The van der Waals surface area contributed by atoms with Gasteiger partial charge in [0.15, 0.2) is 0 Å². The predicted octanol–water partition coefficient (Wildman–Crippen LogP) is 2.18. The van der Waals surface area contributed by atoms with E-state index in [-0.39, 0.29) is 0 Å². The third-order valence-corrected chi connectivity index (χ3v) is 1.45. The first-order valence-electron chi connectivity index (χ1n) is 3.83. The van der Waals surface area contributed by atoms with Crippen LogP contribution in [0.3, 0.4) is 0 Å². The van der Waals surface area contributed by atoms with Crippen molar-refractivity contribution in [2.75, 3.05) is 0 Å². The summed E-state index contributed by atoms with van der Waals surface area (Å²) in [6, 6.07) is 3.62. The van der Waals surface area contributed by atoms with Crippen LogP contribution in [0.15, 0.2) is 24.4 Å². The Balaban J connectivity index is 2.81. The number of alkyl halides is 5. The van der Waals surface area contributed by atoms with Gasteiger partial charge in [0, 0.05) is 12.3 Å². The second-order valence-electron chi connectivity index (χ2n) is 2.63. The predicted molar refractivity (Wildman–Crippen MR) is 40.9 cm³/mol. The SMILES string of the molecule is O=C(Oc1ccccn1)C(F)(F)C(F)(F)F. The molecule has 0 aliphatic rings. The van der Waals surface area contributed by atoms with Gasteiger partial charge in [0.25, 0.3) is 0 Å². The first-order valence-corrected chi connectivity index (χ1v) is 3.83. The molecular weight excluding hydrogens is 237 g/mol. The Bertz CT molecular complexity index is 376. The average Bonchev–Trinajstić information content (AvgIpc) is 2.17. The molecule has 0 saturated heterocycles. The maximum absolute atomic E-state index is 12.4. The van der Waals surface area contributed by atoms with Crippen molar-refractivity contribution < 1.29 is 31.5 Å². The highest BCUT2D eigenvalue weighted by Crippen LogP contribution is 2.36. The summed E-state index contributed by atoms with van der Waals surface area (Å²) < 4.78 is 63.7. The molecule has 8 heteroatoms. The maximum atomic E-state index is 12.4.